The number of nitrogens with zero attached hydrogens (tertiary/aromatic N) is 2. The quantitative estimate of drug-likeness (QED) is 0.806. The lowest BCUT2D eigenvalue weighted by Crippen LogP contribution is -2.18. The summed E-state index contributed by atoms with van der Waals surface area (Å²) in [5.74, 6) is 0. The molecule has 4 nitrogen and oxygen atoms in total. The molecule has 0 aliphatic heterocycles. The van der Waals surface area contributed by atoms with E-state index in [9.17, 15) is 0 Å². The molecule has 20 heavy (non-hydrogen) atoms. The summed E-state index contributed by atoms with van der Waals surface area (Å²) in [4.78, 5) is 0. The van der Waals surface area contributed by atoms with Crippen molar-refractivity contribution in [2.45, 2.75) is 6.54 Å². The van der Waals surface area contributed by atoms with Crippen molar-refractivity contribution in [2.24, 2.45) is 7.05 Å². The molecule has 0 spiro atoms. The highest BCUT2D eigenvalue weighted by atomic mass is 79.9. The zero-order valence-corrected chi connectivity index (χ0v) is 13.8. The molecule has 0 saturated carbocycles. The summed E-state index contributed by atoms with van der Waals surface area (Å²) in [5, 5.41) is 8.53. The van der Waals surface area contributed by atoms with Crippen LogP contribution in [0.4, 0.5) is 0 Å². The van der Waals surface area contributed by atoms with E-state index in [1.54, 1.807) is 11.8 Å². The average molecular weight is 359 g/mol. The molecule has 2 aromatic rings. The van der Waals surface area contributed by atoms with Gasteiger partial charge in [0.15, 0.2) is 0 Å². The number of methoxy groups -OCH3 is 1. The molecule has 108 valence electrons. The highest BCUT2D eigenvalue weighted by Crippen LogP contribution is 2.31. The van der Waals surface area contributed by atoms with Gasteiger partial charge in [-0.25, -0.2) is 0 Å². The zero-order chi connectivity index (χ0) is 14.5. The first-order valence-electron chi connectivity index (χ1n) is 6.29. The third kappa shape index (κ3) is 3.82. The van der Waals surface area contributed by atoms with Gasteiger partial charge >= 0.3 is 0 Å². The first kappa shape index (κ1) is 15.5. The number of ether oxygens (including phenoxy) is 1. The fraction of sp³-hybridized carbons (Fsp3) is 0.357. The Morgan fingerprint density at radius 1 is 1.45 bits per heavy atom. The molecular formula is C14H17BrClN3O. The number of nitrogens with one attached hydrogen (secondary N) is 1. The highest BCUT2D eigenvalue weighted by Gasteiger charge is 2.13. The van der Waals surface area contributed by atoms with Crippen LogP contribution in [0.2, 0.25) is 5.02 Å². The number of halogens is 2. The Hall–Kier alpha value is -0.880. The Kier molecular flexibility index (Phi) is 5.60. The van der Waals surface area contributed by atoms with Crippen LogP contribution in [0, 0.1) is 0 Å². The normalized spacial score (nSPS) is 11.0. The molecule has 0 aliphatic carbocycles. The number of aryl methyl sites for hydroxylation is 1. The molecule has 0 amide bonds. The lowest BCUT2D eigenvalue weighted by molar-refractivity contribution is 0.199. The Bertz CT molecular complexity index is 586. The molecule has 1 N–H and O–H groups in total. The van der Waals surface area contributed by atoms with Gasteiger partial charge in [0.05, 0.1) is 17.3 Å². The maximum Gasteiger partial charge on any atom is 0.0982 e. The Morgan fingerprint density at radius 3 is 2.95 bits per heavy atom. The van der Waals surface area contributed by atoms with E-state index in [2.05, 4.69) is 26.3 Å². The third-order valence-corrected chi connectivity index (χ3v) is 3.70. The second-order valence-corrected chi connectivity index (χ2v) is 5.79. The second kappa shape index (κ2) is 7.22. The molecule has 0 saturated heterocycles. The van der Waals surface area contributed by atoms with Crippen LogP contribution in [0.25, 0.3) is 11.3 Å². The molecule has 0 fully saturated rings. The topological polar surface area (TPSA) is 39.1 Å². The number of aromatic nitrogens is 2. The monoisotopic (exact) mass is 357 g/mol. The maximum atomic E-state index is 6.31. The van der Waals surface area contributed by atoms with Gasteiger partial charge < -0.3 is 10.1 Å². The van der Waals surface area contributed by atoms with E-state index >= 15 is 0 Å². The Balaban J connectivity index is 2.22. The molecular weight excluding hydrogens is 342 g/mol. The van der Waals surface area contributed by atoms with Crippen LogP contribution >= 0.6 is 27.5 Å². The van der Waals surface area contributed by atoms with Crippen LogP contribution in [0.3, 0.4) is 0 Å². The van der Waals surface area contributed by atoms with Crippen LogP contribution in [-0.4, -0.2) is 30.0 Å². The third-order valence-electron chi connectivity index (χ3n) is 2.89. The van der Waals surface area contributed by atoms with E-state index in [-0.39, 0.29) is 0 Å². The summed E-state index contributed by atoms with van der Waals surface area (Å²) in [5.41, 5.74) is 2.97. The largest absolute Gasteiger partial charge is 0.383 e. The zero-order valence-electron chi connectivity index (χ0n) is 11.5. The summed E-state index contributed by atoms with van der Waals surface area (Å²) in [6, 6.07) is 5.83. The fourth-order valence-corrected chi connectivity index (χ4v) is 2.74. The number of hydrogen-bond donors (Lipinski definition) is 1. The van der Waals surface area contributed by atoms with Crippen molar-refractivity contribution in [1.82, 2.24) is 15.1 Å². The van der Waals surface area contributed by atoms with E-state index in [4.69, 9.17) is 16.3 Å². The molecule has 0 unspecified atom stereocenters. The first-order chi connectivity index (χ1) is 9.61. The van der Waals surface area contributed by atoms with E-state index in [1.165, 1.54) is 0 Å². The van der Waals surface area contributed by atoms with Crippen molar-refractivity contribution < 1.29 is 4.74 Å². The molecule has 0 bridgehead atoms. The molecule has 2 rings (SSSR count). The second-order valence-electron chi connectivity index (χ2n) is 4.47. The molecule has 1 heterocycles. The molecule has 0 atom stereocenters. The van der Waals surface area contributed by atoms with Crippen LogP contribution in [-0.2, 0) is 18.3 Å². The molecule has 0 aliphatic rings. The van der Waals surface area contributed by atoms with E-state index in [1.807, 2.05) is 31.4 Å². The van der Waals surface area contributed by atoms with Crippen LogP contribution in [0.15, 0.2) is 28.9 Å². The van der Waals surface area contributed by atoms with Crippen LogP contribution in [0.5, 0.6) is 0 Å². The Labute approximate surface area is 132 Å². The SMILES string of the molecule is COCCNCc1cn(C)nc1-c1ccc(Br)cc1Cl. The van der Waals surface area contributed by atoms with Crippen LogP contribution < -0.4 is 5.32 Å². The number of hydrogen-bond acceptors (Lipinski definition) is 3. The van der Waals surface area contributed by atoms with Crippen molar-refractivity contribution in [3.05, 3.63) is 39.5 Å². The van der Waals surface area contributed by atoms with Gasteiger partial charge in [-0.15, -0.1) is 0 Å². The molecule has 0 radical (unpaired) electrons. The van der Waals surface area contributed by atoms with Gasteiger partial charge in [0.2, 0.25) is 0 Å². The van der Waals surface area contributed by atoms with Gasteiger partial charge in [-0.3, -0.25) is 4.68 Å². The van der Waals surface area contributed by atoms with Crippen molar-refractivity contribution >= 4 is 27.5 Å². The summed E-state index contributed by atoms with van der Waals surface area (Å²) < 4.78 is 7.79. The van der Waals surface area contributed by atoms with Gasteiger partial charge in [0.1, 0.15) is 0 Å². The lowest BCUT2D eigenvalue weighted by Gasteiger charge is -2.06. The fourth-order valence-electron chi connectivity index (χ4n) is 1.97. The predicted octanol–water partition coefficient (Wildman–Crippen LogP) is 3.24. The lowest BCUT2D eigenvalue weighted by atomic mass is 10.1. The van der Waals surface area contributed by atoms with E-state index < -0.39 is 0 Å². The molecule has 1 aromatic carbocycles. The van der Waals surface area contributed by atoms with Crippen molar-refractivity contribution in [3.8, 4) is 11.3 Å². The summed E-state index contributed by atoms with van der Waals surface area (Å²) in [6.07, 6.45) is 2.01. The Morgan fingerprint density at radius 2 is 2.25 bits per heavy atom. The molecule has 1 aromatic heterocycles. The van der Waals surface area contributed by atoms with Gasteiger partial charge in [-0.1, -0.05) is 33.6 Å². The van der Waals surface area contributed by atoms with Gasteiger partial charge in [0.25, 0.3) is 0 Å². The van der Waals surface area contributed by atoms with Crippen molar-refractivity contribution in [2.75, 3.05) is 20.3 Å². The minimum Gasteiger partial charge on any atom is -0.383 e. The van der Waals surface area contributed by atoms with Gasteiger partial charge in [-0.05, 0) is 12.1 Å². The van der Waals surface area contributed by atoms with E-state index in [0.717, 1.165) is 34.4 Å². The number of benzene rings is 1. The highest BCUT2D eigenvalue weighted by molar-refractivity contribution is 9.10. The summed E-state index contributed by atoms with van der Waals surface area (Å²) in [7, 11) is 3.60. The minimum atomic E-state index is 0.689. The minimum absolute atomic E-state index is 0.689. The van der Waals surface area contributed by atoms with Gasteiger partial charge in [-0.2, -0.15) is 5.10 Å². The first-order valence-corrected chi connectivity index (χ1v) is 7.46. The number of rotatable bonds is 6. The maximum absolute atomic E-state index is 6.31. The standard InChI is InChI=1S/C14H17BrClN3O/c1-19-9-10(8-17-5-6-20-2)14(18-19)12-4-3-11(15)7-13(12)16/h3-4,7,9,17H,5-6,8H2,1-2H3. The summed E-state index contributed by atoms with van der Waals surface area (Å²) >= 11 is 9.72. The smallest absolute Gasteiger partial charge is 0.0982 e. The van der Waals surface area contributed by atoms with Crippen molar-refractivity contribution in [3.63, 3.8) is 0 Å². The van der Waals surface area contributed by atoms with Crippen molar-refractivity contribution in [1.29, 1.82) is 0 Å². The predicted molar refractivity (Wildman–Crippen MR) is 84.9 cm³/mol. The van der Waals surface area contributed by atoms with Gasteiger partial charge in [0, 0.05) is 49.0 Å². The summed E-state index contributed by atoms with van der Waals surface area (Å²) in [6.45, 7) is 2.23. The van der Waals surface area contributed by atoms with E-state index in [0.29, 0.717) is 11.6 Å². The average Bonchev–Trinajstić information content (AvgIpc) is 2.76. The molecule has 6 heteroatoms. The van der Waals surface area contributed by atoms with Crippen LogP contribution in [0.1, 0.15) is 5.56 Å².